The Bertz CT molecular complexity index is 906. The van der Waals surface area contributed by atoms with Crippen LogP contribution in [0.1, 0.15) is 62.3 Å². The van der Waals surface area contributed by atoms with E-state index in [0.717, 1.165) is 0 Å². The Morgan fingerprint density at radius 1 is 0.625 bits per heavy atom. The highest BCUT2D eigenvalue weighted by atomic mass is 32.1. The average Bonchev–Trinajstić information content (AvgIpc) is 2.95. The number of ether oxygens (including phenoxy) is 6. The van der Waals surface area contributed by atoms with Crippen LogP contribution in [0.5, 0.6) is 0 Å². The van der Waals surface area contributed by atoms with Gasteiger partial charge in [-0.25, -0.2) is 0 Å². The number of rotatable bonds is 12. The second-order valence-electron chi connectivity index (χ2n) is 15.0. The summed E-state index contributed by atoms with van der Waals surface area (Å²) >= 11 is 0. The molecule has 0 aromatic rings. The molecule has 3 rings (SSSR count). The molecular formula is C31H68N4O10S3. The molecule has 0 aliphatic carbocycles. The van der Waals surface area contributed by atoms with Crippen molar-refractivity contribution in [1.82, 2.24) is 10.6 Å². The van der Waals surface area contributed by atoms with Crippen LogP contribution >= 0.6 is 40.5 Å². The lowest BCUT2D eigenvalue weighted by Crippen LogP contribution is -2.64. The predicted octanol–water partition coefficient (Wildman–Crippen LogP) is -0.258. The Balaban J connectivity index is 0.00000736. The molecule has 48 heavy (non-hydrogen) atoms. The second kappa shape index (κ2) is 20.7. The summed E-state index contributed by atoms with van der Waals surface area (Å²) in [6.45, 7) is 18.2. The minimum absolute atomic E-state index is 0. The molecule has 17 heteroatoms. The molecule has 290 valence electrons. The third-order valence-electron chi connectivity index (χ3n) is 9.27. The first-order valence-electron chi connectivity index (χ1n) is 16.4. The largest absolute Gasteiger partial charge is 0.394 e. The zero-order valence-electron chi connectivity index (χ0n) is 30.1. The molecule has 15 unspecified atom stereocenters. The van der Waals surface area contributed by atoms with Crippen LogP contribution in [0.4, 0.5) is 0 Å². The maximum absolute atomic E-state index is 11.6. The third kappa shape index (κ3) is 12.0. The molecule has 3 saturated heterocycles. The summed E-state index contributed by atoms with van der Waals surface area (Å²) < 4.78 is 37.4. The molecule has 3 fully saturated rings. The van der Waals surface area contributed by atoms with Crippen LogP contribution in [0.3, 0.4) is 0 Å². The molecule has 0 amide bonds. The maximum Gasteiger partial charge on any atom is 0.184 e. The highest BCUT2D eigenvalue weighted by Crippen LogP contribution is 2.43. The minimum Gasteiger partial charge on any atom is -0.394 e. The Hall–Kier alpha value is 0.490. The number of hydrogen-bond acceptors (Lipinski definition) is 14. The van der Waals surface area contributed by atoms with Gasteiger partial charge < -0.3 is 70.9 Å². The van der Waals surface area contributed by atoms with E-state index in [1.165, 1.54) is 0 Å². The summed E-state index contributed by atoms with van der Waals surface area (Å²) in [7, 11) is 0. The van der Waals surface area contributed by atoms with Crippen LogP contribution in [0, 0.1) is 29.1 Å². The van der Waals surface area contributed by atoms with Gasteiger partial charge in [0.1, 0.15) is 30.5 Å². The number of aliphatic hydroxyl groups excluding tert-OH is 4. The van der Waals surface area contributed by atoms with Gasteiger partial charge in [-0.15, -0.1) is 0 Å². The predicted molar refractivity (Wildman–Crippen MR) is 197 cm³/mol. The summed E-state index contributed by atoms with van der Waals surface area (Å²) in [5.41, 5.74) is 10.8. The van der Waals surface area contributed by atoms with Crippen molar-refractivity contribution in [1.29, 1.82) is 0 Å². The molecule has 3 aliphatic heterocycles. The van der Waals surface area contributed by atoms with Gasteiger partial charge in [-0.05, 0) is 38.0 Å². The highest BCUT2D eigenvalue weighted by Gasteiger charge is 2.53. The molecule has 0 aromatic heterocycles. The monoisotopic (exact) mass is 752 g/mol. The van der Waals surface area contributed by atoms with Gasteiger partial charge in [-0.2, -0.15) is 40.5 Å². The van der Waals surface area contributed by atoms with Gasteiger partial charge in [-0.1, -0.05) is 41.5 Å². The van der Waals surface area contributed by atoms with Crippen molar-refractivity contribution < 1.29 is 48.8 Å². The molecule has 3 heterocycles. The van der Waals surface area contributed by atoms with Crippen LogP contribution in [0.25, 0.3) is 0 Å². The SMILES string of the molecule is CC1C(OC(C)(C)C)OC(CO)C(OC2OC(CNCN)C(OC3OC(CNCN)C(C(C)(C)C)C(C)C3O)C(O)C2C)C1O.S.S.S. The van der Waals surface area contributed by atoms with Crippen LogP contribution in [0.2, 0.25) is 0 Å². The summed E-state index contributed by atoms with van der Waals surface area (Å²) in [6, 6.07) is 0. The van der Waals surface area contributed by atoms with Crippen molar-refractivity contribution in [2.75, 3.05) is 33.0 Å². The normalized spacial score (nSPS) is 40.7. The van der Waals surface area contributed by atoms with Crippen molar-refractivity contribution in [3.05, 3.63) is 0 Å². The van der Waals surface area contributed by atoms with Crippen LogP contribution in [0.15, 0.2) is 0 Å². The van der Waals surface area contributed by atoms with Crippen molar-refractivity contribution in [2.45, 2.75) is 136 Å². The average molecular weight is 753 g/mol. The lowest BCUT2D eigenvalue weighted by molar-refractivity contribution is -0.367. The van der Waals surface area contributed by atoms with E-state index >= 15 is 0 Å². The van der Waals surface area contributed by atoms with E-state index in [9.17, 15) is 20.4 Å². The van der Waals surface area contributed by atoms with E-state index < -0.39 is 85.6 Å². The first kappa shape index (κ1) is 48.5. The maximum atomic E-state index is 11.6. The lowest BCUT2D eigenvalue weighted by Gasteiger charge is -2.52. The van der Waals surface area contributed by atoms with Gasteiger partial charge in [0, 0.05) is 38.3 Å². The zero-order chi connectivity index (χ0) is 33.9. The quantitative estimate of drug-likeness (QED) is 0.121. The molecule has 0 saturated carbocycles. The Labute approximate surface area is 308 Å². The minimum atomic E-state index is -1.11. The topological polar surface area (TPSA) is 212 Å². The molecule has 10 N–H and O–H groups in total. The molecule has 0 aromatic carbocycles. The van der Waals surface area contributed by atoms with Gasteiger partial charge in [-0.3, -0.25) is 0 Å². The highest BCUT2D eigenvalue weighted by molar-refractivity contribution is 7.59. The van der Waals surface area contributed by atoms with Crippen molar-refractivity contribution in [2.24, 2.45) is 40.6 Å². The number of aliphatic hydroxyl groups is 4. The second-order valence-corrected chi connectivity index (χ2v) is 15.0. The Kier molecular flexibility index (Phi) is 20.9. The molecule has 3 aliphatic rings. The fourth-order valence-electron chi connectivity index (χ4n) is 6.93. The summed E-state index contributed by atoms with van der Waals surface area (Å²) in [4.78, 5) is 0. The van der Waals surface area contributed by atoms with E-state index in [1.807, 2.05) is 27.7 Å². The van der Waals surface area contributed by atoms with Crippen molar-refractivity contribution >= 4 is 40.5 Å². The fourth-order valence-corrected chi connectivity index (χ4v) is 6.93. The first-order valence-corrected chi connectivity index (χ1v) is 16.4. The summed E-state index contributed by atoms with van der Waals surface area (Å²) in [6.07, 6.45) is -9.73. The standard InChI is InChI=1S/C31H62N4O10.3H2S/c1-15-21(30(4,5)6)18(10-34-13-32)40-29(24(15)39)44-25-19(11-35-14-33)41-27(16(2)22(25)37)43-26-20(12-36)42-28(17(3)23(26)38)45-31(7,8)9;;;/h15-29,34-39H,10-14,32-33H2,1-9H3;3*1H2. The summed E-state index contributed by atoms with van der Waals surface area (Å²) in [5.74, 6) is -1.29. The molecule has 15 atom stereocenters. The van der Waals surface area contributed by atoms with Gasteiger partial charge in [0.25, 0.3) is 0 Å². The van der Waals surface area contributed by atoms with Crippen LogP contribution in [-0.2, 0) is 28.4 Å². The Morgan fingerprint density at radius 3 is 1.54 bits per heavy atom. The van der Waals surface area contributed by atoms with Gasteiger partial charge >= 0.3 is 0 Å². The number of hydrogen-bond donors (Lipinski definition) is 8. The molecule has 14 nitrogen and oxygen atoms in total. The van der Waals surface area contributed by atoms with E-state index in [0.29, 0.717) is 6.54 Å². The molecule has 0 bridgehead atoms. The van der Waals surface area contributed by atoms with Gasteiger partial charge in [0.2, 0.25) is 0 Å². The zero-order valence-corrected chi connectivity index (χ0v) is 33.1. The smallest absolute Gasteiger partial charge is 0.184 e. The lowest BCUT2D eigenvalue weighted by atomic mass is 9.67. The number of nitrogens with two attached hydrogens (primary N) is 2. The molecular weight excluding hydrogens is 685 g/mol. The number of nitrogens with one attached hydrogen (secondary N) is 2. The van der Waals surface area contributed by atoms with Gasteiger partial charge in [0.05, 0.1) is 30.5 Å². The Morgan fingerprint density at radius 2 is 1.06 bits per heavy atom. The fraction of sp³-hybridized carbons (Fsp3) is 1.00. The first-order chi connectivity index (χ1) is 20.9. The summed E-state index contributed by atoms with van der Waals surface area (Å²) in [5, 5.41) is 50.6. The molecule has 0 spiro atoms. The van der Waals surface area contributed by atoms with Crippen molar-refractivity contribution in [3.8, 4) is 0 Å². The third-order valence-corrected chi connectivity index (χ3v) is 9.27. The van der Waals surface area contributed by atoms with Crippen LogP contribution < -0.4 is 22.1 Å². The van der Waals surface area contributed by atoms with E-state index in [-0.39, 0.29) is 83.7 Å². The van der Waals surface area contributed by atoms with E-state index in [4.69, 9.17) is 39.9 Å². The van der Waals surface area contributed by atoms with Crippen LogP contribution in [-0.4, -0.2) is 127 Å². The molecule has 0 radical (unpaired) electrons. The van der Waals surface area contributed by atoms with Crippen molar-refractivity contribution in [3.63, 3.8) is 0 Å². The van der Waals surface area contributed by atoms with E-state index in [1.54, 1.807) is 13.8 Å². The van der Waals surface area contributed by atoms with Gasteiger partial charge in [0.15, 0.2) is 18.9 Å². The van der Waals surface area contributed by atoms with E-state index in [2.05, 4.69) is 31.4 Å².